The van der Waals surface area contributed by atoms with Crippen molar-refractivity contribution in [2.24, 2.45) is 0 Å². The number of rotatable bonds is 3. The predicted molar refractivity (Wildman–Crippen MR) is 72.1 cm³/mol. The third-order valence-corrected chi connectivity index (χ3v) is 3.42. The van der Waals surface area contributed by atoms with Crippen LogP contribution in [-0.2, 0) is 6.18 Å². The highest BCUT2D eigenvalue weighted by atomic mass is 32.1. The van der Waals surface area contributed by atoms with Crippen molar-refractivity contribution < 1.29 is 23.1 Å². The first-order valence-corrected chi connectivity index (χ1v) is 6.78. The van der Waals surface area contributed by atoms with Crippen LogP contribution >= 0.6 is 11.3 Å². The van der Waals surface area contributed by atoms with Gasteiger partial charge in [-0.25, -0.2) is 4.98 Å². The van der Waals surface area contributed by atoms with E-state index >= 15 is 0 Å². The molecule has 21 heavy (non-hydrogen) atoms. The summed E-state index contributed by atoms with van der Waals surface area (Å²) in [5, 5.41) is 13.3. The molecule has 0 saturated carbocycles. The van der Waals surface area contributed by atoms with Gasteiger partial charge in [0.05, 0.1) is 22.9 Å². The number of alkyl halides is 3. The summed E-state index contributed by atoms with van der Waals surface area (Å²) in [5.41, 5.74) is -1.13. The summed E-state index contributed by atoms with van der Waals surface area (Å²) < 4.78 is 38.5. The maximum Gasteiger partial charge on any atom is 0.417 e. The number of aliphatic hydroxyl groups excluding tert-OH is 1. The largest absolute Gasteiger partial charge is 0.417 e. The van der Waals surface area contributed by atoms with E-state index in [2.05, 4.69) is 10.3 Å². The number of carbonyl (C=O) groups excluding carboxylic acids is 1. The number of halogens is 3. The third kappa shape index (κ3) is 3.59. The van der Waals surface area contributed by atoms with Crippen molar-refractivity contribution in [2.75, 3.05) is 5.32 Å². The van der Waals surface area contributed by atoms with E-state index < -0.39 is 29.3 Å². The van der Waals surface area contributed by atoms with Gasteiger partial charge in [0.25, 0.3) is 5.91 Å². The summed E-state index contributed by atoms with van der Waals surface area (Å²) in [6.45, 7) is 1.50. The molecule has 8 heteroatoms. The molecular weight excluding hydrogens is 305 g/mol. The van der Waals surface area contributed by atoms with Gasteiger partial charge in [-0.15, -0.1) is 11.3 Å². The fourth-order valence-electron chi connectivity index (χ4n) is 1.63. The molecule has 0 saturated heterocycles. The third-order valence-electron chi connectivity index (χ3n) is 2.65. The van der Waals surface area contributed by atoms with E-state index in [-0.39, 0.29) is 5.13 Å². The normalized spacial score (nSPS) is 13.0. The number of nitrogens with one attached hydrogen (secondary N) is 1. The average molecular weight is 316 g/mol. The number of aliphatic hydroxyl groups is 1. The van der Waals surface area contributed by atoms with Gasteiger partial charge in [0.2, 0.25) is 0 Å². The average Bonchev–Trinajstić information content (AvgIpc) is 2.86. The first kappa shape index (κ1) is 15.5. The maximum absolute atomic E-state index is 12.8. The molecule has 0 aliphatic heterocycles. The van der Waals surface area contributed by atoms with Gasteiger partial charge in [0.1, 0.15) is 0 Å². The minimum absolute atomic E-state index is 0.132. The first-order chi connectivity index (χ1) is 9.79. The van der Waals surface area contributed by atoms with E-state index in [1.807, 2.05) is 0 Å². The highest BCUT2D eigenvalue weighted by Crippen LogP contribution is 2.32. The molecule has 0 spiro atoms. The van der Waals surface area contributed by atoms with Crippen LogP contribution in [0.5, 0.6) is 0 Å². The molecule has 0 bridgehead atoms. The Morgan fingerprint density at radius 3 is 2.62 bits per heavy atom. The molecule has 1 aromatic carbocycles. The quantitative estimate of drug-likeness (QED) is 0.911. The second kappa shape index (κ2) is 5.82. The van der Waals surface area contributed by atoms with Crippen LogP contribution in [0.15, 0.2) is 29.6 Å². The fraction of sp³-hybridized carbons (Fsp3) is 0.231. The summed E-state index contributed by atoms with van der Waals surface area (Å²) in [6, 6.07) is 4.51. The minimum Gasteiger partial charge on any atom is -0.387 e. The molecule has 2 aromatic rings. The van der Waals surface area contributed by atoms with Gasteiger partial charge in [-0.1, -0.05) is 12.1 Å². The van der Waals surface area contributed by atoms with Crippen LogP contribution in [0.4, 0.5) is 18.3 Å². The van der Waals surface area contributed by atoms with Crippen molar-refractivity contribution in [1.82, 2.24) is 4.98 Å². The summed E-state index contributed by atoms with van der Waals surface area (Å²) >= 11 is 1.03. The van der Waals surface area contributed by atoms with Crippen molar-refractivity contribution in [3.63, 3.8) is 0 Å². The Kier molecular flexibility index (Phi) is 4.29. The van der Waals surface area contributed by atoms with E-state index in [1.165, 1.54) is 24.4 Å². The molecule has 1 heterocycles. The molecule has 0 aliphatic carbocycles. The van der Waals surface area contributed by atoms with Crippen LogP contribution in [0.1, 0.15) is 34.6 Å². The lowest BCUT2D eigenvalue weighted by Gasteiger charge is -2.11. The zero-order valence-corrected chi connectivity index (χ0v) is 11.6. The number of thiazole rings is 1. The standard InChI is InChI=1S/C13H11F3N2O2S/c1-7(19)10-6-21-12(17-10)18-11(20)8-4-2-3-5-9(8)13(14,15)16/h2-7,19H,1H3,(H,17,18,20). The lowest BCUT2D eigenvalue weighted by Crippen LogP contribution is -2.18. The Morgan fingerprint density at radius 1 is 1.38 bits per heavy atom. The molecule has 0 aliphatic rings. The molecule has 2 N–H and O–H groups in total. The van der Waals surface area contributed by atoms with Crippen LogP contribution in [0.2, 0.25) is 0 Å². The monoisotopic (exact) mass is 316 g/mol. The summed E-state index contributed by atoms with van der Waals surface area (Å²) in [6.07, 6.45) is -5.42. The zero-order valence-electron chi connectivity index (χ0n) is 10.8. The molecule has 1 atom stereocenters. The molecule has 4 nitrogen and oxygen atoms in total. The number of hydrogen-bond acceptors (Lipinski definition) is 4. The number of aromatic nitrogens is 1. The minimum atomic E-state index is -4.61. The number of amides is 1. The Morgan fingerprint density at radius 2 is 2.05 bits per heavy atom. The molecule has 1 unspecified atom stereocenters. The zero-order chi connectivity index (χ0) is 15.6. The number of hydrogen-bond donors (Lipinski definition) is 2. The van der Waals surface area contributed by atoms with Crippen molar-refractivity contribution in [3.8, 4) is 0 Å². The second-order valence-electron chi connectivity index (χ2n) is 4.25. The molecular formula is C13H11F3N2O2S. The molecule has 0 radical (unpaired) electrons. The summed E-state index contributed by atoms with van der Waals surface area (Å²) in [7, 11) is 0. The molecule has 0 fully saturated rings. The van der Waals surface area contributed by atoms with E-state index in [1.54, 1.807) is 0 Å². The van der Waals surface area contributed by atoms with E-state index in [0.717, 1.165) is 23.5 Å². The maximum atomic E-state index is 12.8. The number of anilines is 1. The Bertz CT molecular complexity index is 653. The van der Waals surface area contributed by atoms with E-state index in [4.69, 9.17) is 0 Å². The molecule has 112 valence electrons. The van der Waals surface area contributed by atoms with Gasteiger partial charge in [0, 0.05) is 5.38 Å². The Labute approximate surface area is 122 Å². The molecule has 2 rings (SSSR count). The van der Waals surface area contributed by atoms with Gasteiger partial charge >= 0.3 is 6.18 Å². The molecule has 1 amide bonds. The van der Waals surface area contributed by atoms with Crippen molar-refractivity contribution in [1.29, 1.82) is 0 Å². The van der Waals surface area contributed by atoms with Gasteiger partial charge in [-0.05, 0) is 19.1 Å². The highest BCUT2D eigenvalue weighted by Gasteiger charge is 2.34. The van der Waals surface area contributed by atoms with Crippen LogP contribution in [0.3, 0.4) is 0 Å². The van der Waals surface area contributed by atoms with E-state index in [0.29, 0.717) is 5.69 Å². The summed E-state index contributed by atoms with van der Waals surface area (Å²) in [4.78, 5) is 15.9. The van der Waals surface area contributed by atoms with Crippen molar-refractivity contribution in [2.45, 2.75) is 19.2 Å². The van der Waals surface area contributed by atoms with Gasteiger partial charge in [-0.2, -0.15) is 13.2 Å². The van der Waals surface area contributed by atoms with Gasteiger partial charge in [0.15, 0.2) is 5.13 Å². The number of benzene rings is 1. The van der Waals surface area contributed by atoms with Gasteiger partial charge < -0.3 is 5.11 Å². The van der Waals surface area contributed by atoms with Crippen LogP contribution in [-0.4, -0.2) is 16.0 Å². The summed E-state index contributed by atoms with van der Waals surface area (Å²) in [5.74, 6) is -0.894. The lowest BCUT2D eigenvalue weighted by molar-refractivity contribution is -0.137. The first-order valence-electron chi connectivity index (χ1n) is 5.90. The van der Waals surface area contributed by atoms with Crippen LogP contribution in [0.25, 0.3) is 0 Å². The smallest absolute Gasteiger partial charge is 0.387 e. The fourth-order valence-corrected chi connectivity index (χ4v) is 2.42. The Balaban J connectivity index is 2.24. The second-order valence-corrected chi connectivity index (χ2v) is 5.11. The predicted octanol–water partition coefficient (Wildman–Crippen LogP) is 3.47. The Hall–Kier alpha value is -1.93. The van der Waals surface area contributed by atoms with E-state index in [9.17, 15) is 23.1 Å². The van der Waals surface area contributed by atoms with Crippen LogP contribution in [0, 0.1) is 0 Å². The highest BCUT2D eigenvalue weighted by molar-refractivity contribution is 7.14. The molecule has 1 aromatic heterocycles. The number of carbonyl (C=O) groups is 1. The van der Waals surface area contributed by atoms with Gasteiger partial charge in [-0.3, -0.25) is 10.1 Å². The topological polar surface area (TPSA) is 62.2 Å². The number of nitrogens with zero attached hydrogens (tertiary/aromatic N) is 1. The van der Waals surface area contributed by atoms with Crippen molar-refractivity contribution >= 4 is 22.4 Å². The SMILES string of the molecule is CC(O)c1csc(NC(=O)c2ccccc2C(F)(F)F)n1. The van der Waals surface area contributed by atoms with Crippen LogP contribution < -0.4 is 5.32 Å². The lowest BCUT2D eigenvalue weighted by atomic mass is 10.1. The van der Waals surface area contributed by atoms with Crippen molar-refractivity contribution in [3.05, 3.63) is 46.5 Å².